The van der Waals surface area contributed by atoms with Crippen LogP contribution in [-0.2, 0) is 9.59 Å². The van der Waals surface area contributed by atoms with E-state index in [1.165, 1.54) is 0 Å². The predicted octanol–water partition coefficient (Wildman–Crippen LogP) is 2.18. The molecule has 1 N–H and O–H groups in total. The van der Waals surface area contributed by atoms with Crippen molar-refractivity contribution in [3.05, 3.63) is 24.3 Å². The van der Waals surface area contributed by atoms with Crippen molar-refractivity contribution in [3.63, 3.8) is 0 Å². The van der Waals surface area contributed by atoms with Crippen LogP contribution in [0.2, 0.25) is 0 Å². The number of nitrogens with zero attached hydrogens (tertiary/aromatic N) is 1. The highest BCUT2D eigenvalue weighted by Crippen LogP contribution is 2.59. The molecule has 6 nitrogen and oxygen atoms in total. The van der Waals surface area contributed by atoms with Crippen LogP contribution in [0.25, 0.3) is 0 Å². The van der Waals surface area contributed by atoms with Gasteiger partial charge >= 0.3 is 5.97 Å². The Hall–Kier alpha value is -2.24. The number of piperidine rings is 1. The van der Waals surface area contributed by atoms with Crippen molar-refractivity contribution < 1.29 is 24.2 Å². The Morgan fingerprint density at radius 3 is 2.29 bits per heavy atom. The van der Waals surface area contributed by atoms with Gasteiger partial charge in [0.15, 0.2) is 6.10 Å². The smallest absolute Gasteiger partial charge is 0.307 e. The number of carboxylic acid groups (broad SMARTS) is 1. The zero-order valence-corrected chi connectivity index (χ0v) is 14.0. The number of hydrogen-bond acceptors (Lipinski definition) is 4. The SMILES string of the molecule is COc1ccc(OC(C)C(=O)N2CCC3(CC2)CC3C(=O)O)cc1. The van der Waals surface area contributed by atoms with Crippen molar-refractivity contribution in [1.82, 2.24) is 4.90 Å². The van der Waals surface area contributed by atoms with Crippen LogP contribution in [0, 0.1) is 11.3 Å². The summed E-state index contributed by atoms with van der Waals surface area (Å²) in [5.41, 5.74) is -0.0668. The average Bonchev–Trinajstić information content (AvgIpc) is 3.29. The molecule has 3 rings (SSSR count). The van der Waals surface area contributed by atoms with Gasteiger partial charge in [0, 0.05) is 13.1 Å². The molecule has 2 aliphatic rings. The first-order valence-corrected chi connectivity index (χ1v) is 8.27. The zero-order chi connectivity index (χ0) is 17.3. The number of carbonyl (C=O) groups is 2. The molecule has 24 heavy (non-hydrogen) atoms. The van der Waals surface area contributed by atoms with Crippen LogP contribution in [0.4, 0.5) is 0 Å². The Kier molecular flexibility index (Phi) is 4.39. The molecule has 1 aliphatic carbocycles. The molecule has 2 unspecified atom stereocenters. The molecule has 1 amide bonds. The predicted molar refractivity (Wildman–Crippen MR) is 87.1 cm³/mol. The molecule has 2 fully saturated rings. The van der Waals surface area contributed by atoms with Gasteiger partial charge in [-0.2, -0.15) is 0 Å². The minimum Gasteiger partial charge on any atom is -0.497 e. The van der Waals surface area contributed by atoms with Gasteiger partial charge in [-0.3, -0.25) is 9.59 Å². The fourth-order valence-electron chi connectivity index (χ4n) is 3.59. The van der Waals surface area contributed by atoms with Crippen molar-refractivity contribution in [2.45, 2.75) is 32.3 Å². The molecule has 0 radical (unpaired) electrons. The first kappa shape index (κ1) is 16.6. The van der Waals surface area contributed by atoms with Crippen LogP contribution >= 0.6 is 0 Å². The van der Waals surface area contributed by atoms with Gasteiger partial charge in [-0.1, -0.05) is 0 Å². The maximum atomic E-state index is 12.5. The van der Waals surface area contributed by atoms with Crippen LogP contribution in [0.15, 0.2) is 24.3 Å². The summed E-state index contributed by atoms with van der Waals surface area (Å²) in [5, 5.41) is 9.13. The molecule has 130 valence electrons. The van der Waals surface area contributed by atoms with Crippen LogP contribution in [0.5, 0.6) is 11.5 Å². The largest absolute Gasteiger partial charge is 0.497 e. The normalized spacial score (nSPS) is 22.8. The van der Waals surface area contributed by atoms with Crippen LogP contribution in [0.1, 0.15) is 26.2 Å². The van der Waals surface area contributed by atoms with E-state index in [9.17, 15) is 9.59 Å². The van der Waals surface area contributed by atoms with E-state index in [-0.39, 0.29) is 17.2 Å². The van der Waals surface area contributed by atoms with Crippen molar-refractivity contribution >= 4 is 11.9 Å². The topological polar surface area (TPSA) is 76.1 Å². The van der Waals surface area contributed by atoms with Gasteiger partial charge in [-0.25, -0.2) is 0 Å². The molecule has 1 aliphatic heterocycles. The second-order valence-electron chi connectivity index (χ2n) is 6.72. The van der Waals surface area contributed by atoms with Crippen molar-refractivity contribution in [2.24, 2.45) is 11.3 Å². The Morgan fingerprint density at radius 2 is 1.79 bits per heavy atom. The molecule has 1 aromatic rings. The van der Waals surface area contributed by atoms with Gasteiger partial charge < -0.3 is 19.5 Å². The van der Waals surface area contributed by atoms with Crippen molar-refractivity contribution in [2.75, 3.05) is 20.2 Å². The van der Waals surface area contributed by atoms with Crippen LogP contribution in [-0.4, -0.2) is 48.2 Å². The lowest BCUT2D eigenvalue weighted by Crippen LogP contribution is -2.45. The number of hydrogen-bond donors (Lipinski definition) is 1. The summed E-state index contributed by atoms with van der Waals surface area (Å²) in [5.74, 6) is 0.389. The summed E-state index contributed by atoms with van der Waals surface area (Å²) >= 11 is 0. The number of carbonyl (C=O) groups excluding carboxylic acids is 1. The lowest BCUT2D eigenvalue weighted by atomic mass is 9.90. The molecule has 0 aromatic heterocycles. The number of rotatable bonds is 5. The Balaban J connectivity index is 1.52. The molecule has 0 bridgehead atoms. The molecule has 6 heteroatoms. The van der Waals surface area contributed by atoms with E-state index in [0.717, 1.165) is 25.0 Å². The molecule has 1 saturated heterocycles. The standard InChI is InChI=1S/C18H23NO5/c1-12(24-14-5-3-13(23-2)4-6-14)16(20)19-9-7-18(8-10-19)11-15(18)17(21)22/h3-6,12,15H,7-11H2,1-2H3,(H,21,22). The van der Waals surface area contributed by atoms with E-state index in [1.807, 2.05) is 0 Å². The Bertz CT molecular complexity index is 619. The molecule has 1 spiro atoms. The first-order chi connectivity index (χ1) is 11.4. The van der Waals surface area contributed by atoms with Gasteiger partial charge in [0.05, 0.1) is 13.0 Å². The van der Waals surface area contributed by atoms with E-state index in [0.29, 0.717) is 18.8 Å². The summed E-state index contributed by atoms with van der Waals surface area (Å²) in [7, 11) is 1.60. The Morgan fingerprint density at radius 1 is 1.21 bits per heavy atom. The number of amides is 1. The summed E-state index contributed by atoms with van der Waals surface area (Å²) < 4.78 is 10.8. The molecule has 2 atom stereocenters. The molecular weight excluding hydrogens is 310 g/mol. The van der Waals surface area contributed by atoms with Crippen molar-refractivity contribution in [3.8, 4) is 11.5 Å². The van der Waals surface area contributed by atoms with E-state index in [4.69, 9.17) is 14.6 Å². The van der Waals surface area contributed by atoms with E-state index in [2.05, 4.69) is 0 Å². The monoisotopic (exact) mass is 333 g/mol. The van der Waals surface area contributed by atoms with E-state index < -0.39 is 12.1 Å². The number of likely N-dealkylation sites (tertiary alicyclic amines) is 1. The van der Waals surface area contributed by atoms with Gasteiger partial charge in [-0.15, -0.1) is 0 Å². The number of methoxy groups -OCH3 is 1. The lowest BCUT2D eigenvalue weighted by Gasteiger charge is -2.34. The van der Waals surface area contributed by atoms with E-state index in [1.54, 1.807) is 43.2 Å². The third-order valence-corrected chi connectivity index (χ3v) is 5.28. The second kappa shape index (κ2) is 6.34. The maximum absolute atomic E-state index is 12.5. The van der Waals surface area contributed by atoms with Crippen LogP contribution in [0.3, 0.4) is 0 Å². The highest BCUT2D eigenvalue weighted by atomic mass is 16.5. The van der Waals surface area contributed by atoms with Gasteiger partial charge in [-0.05, 0) is 55.9 Å². The minimum atomic E-state index is -0.703. The van der Waals surface area contributed by atoms with Gasteiger partial charge in [0.25, 0.3) is 5.91 Å². The number of ether oxygens (including phenoxy) is 2. The third-order valence-electron chi connectivity index (χ3n) is 5.28. The van der Waals surface area contributed by atoms with Crippen molar-refractivity contribution in [1.29, 1.82) is 0 Å². The summed E-state index contributed by atoms with van der Waals surface area (Å²) in [4.78, 5) is 25.4. The average molecular weight is 333 g/mol. The number of aliphatic carboxylic acids is 1. The van der Waals surface area contributed by atoms with Crippen LogP contribution < -0.4 is 9.47 Å². The highest BCUT2D eigenvalue weighted by Gasteiger charge is 2.59. The fraction of sp³-hybridized carbons (Fsp3) is 0.556. The third kappa shape index (κ3) is 3.18. The molecule has 1 aromatic carbocycles. The zero-order valence-electron chi connectivity index (χ0n) is 14.0. The highest BCUT2D eigenvalue weighted by molar-refractivity contribution is 5.81. The quantitative estimate of drug-likeness (QED) is 0.894. The molecule has 1 heterocycles. The van der Waals surface area contributed by atoms with Gasteiger partial charge in [0.2, 0.25) is 0 Å². The first-order valence-electron chi connectivity index (χ1n) is 8.27. The fourth-order valence-corrected chi connectivity index (χ4v) is 3.59. The van der Waals surface area contributed by atoms with E-state index >= 15 is 0 Å². The number of carboxylic acids is 1. The summed E-state index contributed by atoms with van der Waals surface area (Å²) in [6, 6.07) is 7.12. The summed E-state index contributed by atoms with van der Waals surface area (Å²) in [6.07, 6.45) is 1.72. The molecular formula is C18H23NO5. The lowest BCUT2D eigenvalue weighted by molar-refractivity contribution is -0.141. The second-order valence-corrected chi connectivity index (χ2v) is 6.72. The minimum absolute atomic E-state index is 0.0480. The molecule has 1 saturated carbocycles. The van der Waals surface area contributed by atoms with Gasteiger partial charge in [0.1, 0.15) is 11.5 Å². The summed E-state index contributed by atoms with van der Waals surface area (Å²) in [6.45, 7) is 2.96. The number of benzene rings is 1. The maximum Gasteiger partial charge on any atom is 0.307 e. The Labute approximate surface area is 141 Å².